The molecule has 0 aromatic rings. The van der Waals surface area contributed by atoms with Crippen LogP contribution in [0.2, 0.25) is 0 Å². The normalized spacial score (nSPS) is 16.6. The molecule has 7 heteroatoms. The van der Waals surface area contributed by atoms with Gasteiger partial charge >= 0.3 is 5.97 Å². The summed E-state index contributed by atoms with van der Waals surface area (Å²) in [6.07, 6.45) is 2.54. The summed E-state index contributed by atoms with van der Waals surface area (Å²) in [5.41, 5.74) is 0. The minimum Gasteiger partial charge on any atom is -0.466 e. The maximum Gasteiger partial charge on any atom is 0.306 e. The number of aliphatic hydroxyl groups is 1. The van der Waals surface area contributed by atoms with Gasteiger partial charge in [-0.2, -0.15) is 4.31 Å². The van der Waals surface area contributed by atoms with E-state index >= 15 is 0 Å². The summed E-state index contributed by atoms with van der Waals surface area (Å²) in [5.74, 6) is -0.749. The summed E-state index contributed by atoms with van der Waals surface area (Å²) in [6, 6.07) is -0.00987. The summed E-state index contributed by atoms with van der Waals surface area (Å²) in [5, 5.41) is 8.93. The Hall–Kier alpha value is -0.660. The SMILES string of the molecule is CCOC(=O)CCS(=O)(=O)N(CCO)C1CCC1. The van der Waals surface area contributed by atoms with Crippen LogP contribution in [0.4, 0.5) is 0 Å². The lowest BCUT2D eigenvalue weighted by atomic mass is 9.93. The molecular formula is C11H21NO5S. The van der Waals surface area contributed by atoms with Crippen LogP contribution in [0.25, 0.3) is 0 Å². The fourth-order valence-electron chi connectivity index (χ4n) is 1.88. The second-order valence-electron chi connectivity index (χ2n) is 4.29. The van der Waals surface area contributed by atoms with E-state index in [1.165, 1.54) is 4.31 Å². The third kappa shape index (κ3) is 4.22. The van der Waals surface area contributed by atoms with E-state index in [1.807, 2.05) is 0 Å². The molecule has 1 saturated carbocycles. The van der Waals surface area contributed by atoms with Gasteiger partial charge in [0.05, 0.1) is 25.4 Å². The quantitative estimate of drug-likeness (QED) is 0.638. The first kappa shape index (κ1) is 15.4. The van der Waals surface area contributed by atoms with Crippen LogP contribution in [-0.2, 0) is 19.6 Å². The Kier molecular flexibility index (Phi) is 6.04. The highest BCUT2D eigenvalue weighted by Crippen LogP contribution is 2.27. The van der Waals surface area contributed by atoms with Crippen molar-refractivity contribution in [3.05, 3.63) is 0 Å². The van der Waals surface area contributed by atoms with Crippen molar-refractivity contribution in [3.63, 3.8) is 0 Å². The van der Waals surface area contributed by atoms with Crippen LogP contribution >= 0.6 is 0 Å². The van der Waals surface area contributed by atoms with Gasteiger partial charge in [0, 0.05) is 12.6 Å². The van der Waals surface area contributed by atoms with Gasteiger partial charge in [-0.25, -0.2) is 8.42 Å². The van der Waals surface area contributed by atoms with Crippen LogP contribution in [0.5, 0.6) is 0 Å². The van der Waals surface area contributed by atoms with Crippen LogP contribution in [0.15, 0.2) is 0 Å². The van der Waals surface area contributed by atoms with Gasteiger partial charge < -0.3 is 9.84 Å². The molecule has 0 radical (unpaired) electrons. The molecule has 0 atom stereocenters. The summed E-state index contributed by atoms with van der Waals surface area (Å²) < 4.78 is 30.2. The van der Waals surface area contributed by atoms with E-state index in [4.69, 9.17) is 9.84 Å². The van der Waals surface area contributed by atoms with Crippen molar-refractivity contribution in [2.75, 3.05) is 25.5 Å². The Labute approximate surface area is 108 Å². The Morgan fingerprint density at radius 3 is 2.56 bits per heavy atom. The molecule has 0 amide bonds. The van der Waals surface area contributed by atoms with E-state index in [-0.39, 0.29) is 38.0 Å². The predicted octanol–water partition coefficient (Wildman–Crippen LogP) is 0.116. The number of sulfonamides is 1. The molecule has 0 aliphatic heterocycles. The molecular weight excluding hydrogens is 258 g/mol. The minimum absolute atomic E-state index is 0.00987. The van der Waals surface area contributed by atoms with Crippen molar-refractivity contribution in [1.29, 1.82) is 0 Å². The Morgan fingerprint density at radius 1 is 1.44 bits per heavy atom. The summed E-state index contributed by atoms with van der Waals surface area (Å²) in [4.78, 5) is 11.2. The van der Waals surface area contributed by atoms with Crippen molar-refractivity contribution in [2.45, 2.75) is 38.6 Å². The third-order valence-corrected chi connectivity index (χ3v) is 4.94. The fraction of sp³-hybridized carbons (Fsp3) is 0.909. The summed E-state index contributed by atoms with van der Waals surface area (Å²) in [6.45, 7) is 1.84. The zero-order valence-electron chi connectivity index (χ0n) is 10.7. The minimum atomic E-state index is -3.49. The topological polar surface area (TPSA) is 83.9 Å². The lowest BCUT2D eigenvalue weighted by Gasteiger charge is -2.36. The number of ether oxygens (including phenoxy) is 1. The van der Waals surface area contributed by atoms with Gasteiger partial charge in [-0.15, -0.1) is 0 Å². The van der Waals surface area contributed by atoms with Crippen LogP contribution in [0.3, 0.4) is 0 Å². The van der Waals surface area contributed by atoms with Crippen LogP contribution < -0.4 is 0 Å². The Balaban J connectivity index is 2.55. The maximum absolute atomic E-state index is 12.1. The number of nitrogens with zero attached hydrogens (tertiary/aromatic N) is 1. The maximum atomic E-state index is 12.1. The highest BCUT2D eigenvalue weighted by atomic mass is 32.2. The molecule has 0 unspecified atom stereocenters. The van der Waals surface area contributed by atoms with Crippen LogP contribution in [-0.4, -0.2) is 55.4 Å². The predicted molar refractivity (Wildman–Crippen MR) is 66.5 cm³/mol. The van der Waals surface area contributed by atoms with Gasteiger partial charge in [0.2, 0.25) is 10.0 Å². The van der Waals surface area contributed by atoms with E-state index in [9.17, 15) is 13.2 Å². The number of esters is 1. The molecule has 1 aliphatic carbocycles. The lowest BCUT2D eigenvalue weighted by Crippen LogP contribution is -2.46. The first-order chi connectivity index (χ1) is 8.51. The van der Waals surface area contributed by atoms with Crippen molar-refractivity contribution in [2.24, 2.45) is 0 Å². The molecule has 0 bridgehead atoms. The van der Waals surface area contributed by atoms with Gasteiger partial charge in [-0.1, -0.05) is 6.42 Å². The molecule has 1 aliphatic rings. The molecule has 0 spiro atoms. The average molecular weight is 279 g/mol. The van der Waals surface area contributed by atoms with Gasteiger partial charge in [-0.3, -0.25) is 4.79 Å². The number of hydrogen-bond donors (Lipinski definition) is 1. The third-order valence-electron chi connectivity index (χ3n) is 3.03. The van der Waals surface area contributed by atoms with Gasteiger partial charge in [0.15, 0.2) is 0 Å². The van der Waals surface area contributed by atoms with Gasteiger partial charge in [0.1, 0.15) is 0 Å². The molecule has 1 N–H and O–H groups in total. The molecule has 0 saturated heterocycles. The molecule has 0 aromatic carbocycles. The van der Waals surface area contributed by atoms with Gasteiger partial charge in [-0.05, 0) is 19.8 Å². The first-order valence-corrected chi connectivity index (χ1v) is 7.88. The summed E-state index contributed by atoms with van der Waals surface area (Å²) in [7, 11) is -3.49. The van der Waals surface area contributed by atoms with Crippen LogP contribution in [0, 0.1) is 0 Å². The summed E-state index contributed by atoms with van der Waals surface area (Å²) >= 11 is 0. The Morgan fingerprint density at radius 2 is 2.11 bits per heavy atom. The number of carbonyl (C=O) groups is 1. The van der Waals surface area contributed by atoms with E-state index in [0.29, 0.717) is 0 Å². The highest BCUT2D eigenvalue weighted by molar-refractivity contribution is 7.89. The van der Waals surface area contributed by atoms with E-state index in [2.05, 4.69) is 0 Å². The molecule has 1 rings (SSSR count). The van der Waals surface area contributed by atoms with E-state index in [1.54, 1.807) is 6.92 Å². The molecule has 18 heavy (non-hydrogen) atoms. The second kappa shape index (κ2) is 7.06. The van der Waals surface area contributed by atoms with E-state index < -0.39 is 16.0 Å². The van der Waals surface area contributed by atoms with Crippen molar-refractivity contribution in [1.82, 2.24) is 4.31 Å². The smallest absolute Gasteiger partial charge is 0.306 e. The number of carbonyl (C=O) groups excluding carboxylic acids is 1. The van der Waals surface area contributed by atoms with Crippen molar-refractivity contribution >= 4 is 16.0 Å². The van der Waals surface area contributed by atoms with Gasteiger partial charge in [0.25, 0.3) is 0 Å². The molecule has 0 heterocycles. The second-order valence-corrected chi connectivity index (χ2v) is 6.33. The van der Waals surface area contributed by atoms with E-state index in [0.717, 1.165) is 19.3 Å². The van der Waals surface area contributed by atoms with Crippen LogP contribution in [0.1, 0.15) is 32.6 Å². The monoisotopic (exact) mass is 279 g/mol. The largest absolute Gasteiger partial charge is 0.466 e. The standard InChI is InChI=1S/C11H21NO5S/c1-2-17-11(14)6-9-18(15,16)12(7-8-13)10-4-3-5-10/h10,13H,2-9H2,1H3. The molecule has 0 aromatic heterocycles. The molecule has 6 nitrogen and oxygen atoms in total. The highest BCUT2D eigenvalue weighted by Gasteiger charge is 2.33. The average Bonchev–Trinajstić information content (AvgIpc) is 2.24. The van der Waals surface area contributed by atoms with Crippen molar-refractivity contribution in [3.8, 4) is 0 Å². The fourth-order valence-corrected chi connectivity index (χ4v) is 3.57. The van der Waals surface area contributed by atoms with Crippen molar-refractivity contribution < 1.29 is 23.1 Å². The zero-order chi connectivity index (χ0) is 13.6. The number of hydrogen-bond acceptors (Lipinski definition) is 5. The Bertz CT molecular complexity index is 364. The number of rotatable bonds is 8. The molecule has 106 valence electrons. The zero-order valence-corrected chi connectivity index (χ0v) is 11.5. The lowest BCUT2D eigenvalue weighted by molar-refractivity contribution is -0.142. The molecule has 1 fully saturated rings. The first-order valence-electron chi connectivity index (χ1n) is 6.27. The number of aliphatic hydroxyl groups excluding tert-OH is 1.